The Morgan fingerprint density at radius 1 is 1.20 bits per heavy atom. The highest BCUT2D eigenvalue weighted by atomic mass is 15.4. The van der Waals surface area contributed by atoms with Crippen molar-refractivity contribution in [3.63, 3.8) is 0 Å². The lowest BCUT2D eigenvalue weighted by Gasteiger charge is -2.15. The van der Waals surface area contributed by atoms with Gasteiger partial charge >= 0.3 is 0 Å². The Morgan fingerprint density at radius 3 is 2.60 bits per heavy atom. The third-order valence-corrected chi connectivity index (χ3v) is 2.27. The zero-order chi connectivity index (χ0) is 10.7. The second-order valence-electron chi connectivity index (χ2n) is 3.39. The number of nitrogens with zero attached hydrogens (tertiary/aromatic N) is 4. The van der Waals surface area contributed by atoms with E-state index in [2.05, 4.69) is 30.7 Å². The molecule has 1 aromatic heterocycles. The minimum absolute atomic E-state index is 0.240. The van der Waals surface area contributed by atoms with Crippen molar-refractivity contribution in [1.82, 2.24) is 20.4 Å². The van der Waals surface area contributed by atoms with Crippen LogP contribution >= 0.6 is 0 Å². The van der Waals surface area contributed by atoms with Gasteiger partial charge in [-0.3, -0.25) is 5.43 Å². The van der Waals surface area contributed by atoms with Crippen LogP contribution in [0.2, 0.25) is 0 Å². The molecule has 0 saturated carbocycles. The number of nitrogens with one attached hydrogen (secondary N) is 2. The third kappa shape index (κ3) is 2.24. The predicted octanol–water partition coefficient (Wildman–Crippen LogP) is -0.400. The van der Waals surface area contributed by atoms with Gasteiger partial charge in [0.2, 0.25) is 17.8 Å². The maximum absolute atomic E-state index is 5.60. The number of hydrogen-bond acceptors (Lipinski definition) is 7. The fourth-order valence-electron chi connectivity index (χ4n) is 1.61. The summed E-state index contributed by atoms with van der Waals surface area (Å²) in [5, 5.41) is 0. The average Bonchev–Trinajstić information content (AvgIpc) is 2.70. The number of nitrogens with two attached hydrogens (primary N) is 1. The first-order valence-corrected chi connectivity index (χ1v) is 4.99. The summed E-state index contributed by atoms with van der Waals surface area (Å²) < 4.78 is 0. The van der Waals surface area contributed by atoms with Crippen molar-refractivity contribution in [2.75, 3.05) is 36.2 Å². The first-order chi connectivity index (χ1) is 7.29. The summed E-state index contributed by atoms with van der Waals surface area (Å²) in [7, 11) is 1.75. The highest BCUT2D eigenvalue weighted by Crippen LogP contribution is 2.17. The number of anilines is 3. The van der Waals surface area contributed by atoms with E-state index in [1.165, 1.54) is 12.8 Å². The van der Waals surface area contributed by atoms with E-state index < -0.39 is 0 Å². The molecule has 0 radical (unpaired) electrons. The molecule has 2 heterocycles. The van der Waals surface area contributed by atoms with Crippen LogP contribution in [0.25, 0.3) is 0 Å². The van der Waals surface area contributed by atoms with Gasteiger partial charge in [0.25, 0.3) is 0 Å². The molecule has 2 rings (SSSR count). The van der Waals surface area contributed by atoms with Gasteiger partial charge in [0.1, 0.15) is 0 Å². The maximum Gasteiger partial charge on any atom is 0.243 e. The molecule has 4 N–H and O–H groups in total. The fourth-order valence-corrected chi connectivity index (χ4v) is 1.61. The van der Waals surface area contributed by atoms with Gasteiger partial charge in [0, 0.05) is 20.1 Å². The minimum atomic E-state index is 0.240. The zero-order valence-electron chi connectivity index (χ0n) is 8.69. The minimum Gasteiger partial charge on any atom is -0.368 e. The van der Waals surface area contributed by atoms with Gasteiger partial charge in [0.15, 0.2) is 0 Å². The Bertz CT molecular complexity index is 334. The summed E-state index contributed by atoms with van der Waals surface area (Å²) in [5.74, 6) is 1.34. The van der Waals surface area contributed by atoms with Crippen molar-refractivity contribution < 1.29 is 0 Å². The predicted molar refractivity (Wildman–Crippen MR) is 58.4 cm³/mol. The van der Waals surface area contributed by atoms with E-state index >= 15 is 0 Å². The molecule has 1 fully saturated rings. The highest BCUT2D eigenvalue weighted by Gasteiger charge is 2.16. The monoisotopic (exact) mass is 209 g/mol. The second-order valence-corrected chi connectivity index (χ2v) is 3.39. The van der Waals surface area contributed by atoms with Crippen LogP contribution in [0.5, 0.6) is 0 Å². The van der Waals surface area contributed by atoms with E-state index in [4.69, 9.17) is 5.73 Å². The lowest BCUT2D eigenvalue weighted by atomic mass is 10.4. The summed E-state index contributed by atoms with van der Waals surface area (Å²) in [4.78, 5) is 14.4. The first-order valence-electron chi connectivity index (χ1n) is 4.99. The SMILES string of the molecule is CNNc1nc(N)nc(N2CCCC2)n1. The van der Waals surface area contributed by atoms with E-state index in [1.807, 2.05) is 0 Å². The van der Waals surface area contributed by atoms with Crippen molar-refractivity contribution >= 4 is 17.8 Å². The van der Waals surface area contributed by atoms with Gasteiger partial charge in [-0.1, -0.05) is 0 Å². The Kier molecular flexibility index (Phi) is 2.82. The van der Waals surface area contributed by atoms with E-state index in [1.54, 1.807) is 7.05 Å². The summed E-state index contributed by atoms with van der Waals surface area (Å²) in [6, 6.07) is 0. The molecule has 0 amide bonds. The molecule has 0 atom stereocenters. The fraction of sp³-hybridized carbons (Fsp3) is 0.625. The first kappa shape index (κ1) is 9.91. The van der Waals surface area contributed by atoms with E-state index in [-0.39, 0.29) is 5.95 Å². The molecule has 15 heavy (non-hydrogen) atoms. The van der Waals surface area contributed by atoms with Crippen LogP contribution in [-0.4, -0.2) is 35.1 Å². The molecule has 82 valence electrons. The molecule has 1 saturated heterocycles. The van der Waals surface area contributed by atoms with Gasteiger partial charge in [0.05, 0.1) is 0 Å². The standard InChI is InChI=1S/C8H15N7/c1-10-14-7-11-6(9)12-8(13-7)15-4-2-3-5-15/h10H,2-5H2,1H3,(H3,9,11,12,13,14). The Labute approximate surface area is 88.1 Å². The number of aromatic nitrogens is 3. The van der Waals surface area contributed by atoms with E-state index in [0.29, 0.717) is 11.9 Å². The van der Waals surface area contributed by atoms with Crippen LogP contribution in [0.4, 0.5) is 17.8 Å². The van der Waals surface area contributed by atoms with Gasteiger partial charge in [-0.05, 0) is 12.8 Å². The van der Waals surface area contributed by atoms with Gasteiger partial charge in [-0.15, -0.1) is 0 Å². The van der Waals surface area contributed by atoms with Gasteiger partial charge in [-0.2, -0.15) is 15.0 Å². The topological polar surface area (TPSA) is 92.0 Å². The molecule has 0 unspecified atom stereocenters. The van der Waals surface area contributed by atoms with Crippen molar-refractivity contribution in [2.45, 2.75) is 12.8 Å². The van der Waals surface area contributed by atoms with Crippen LogP contribution < -0.4 is 21.5 Å². The van der Waals surface area contributed by atoms with Crippen LogP contribution in [0.15, 0.2) is 0 Å². The van der Waals surface area contributed by atoms with Crippen molar-refractivity contribution in [3.05, 3.63) is 0 Å². The van der Waals surface area contributed by atoms with Gasteiger partial charge < -0.3 is 10.6 Å². The van der Waals surface area contributed by atoms with Crippen LogP contribution in [0.1, 0.15) is 12.8 Å². The number of hydrazine groups is 1. The molecule has 1 aliphatic rings. The van der Waals surface area contributed by atoms with Crippen LogP contribution in [-0.2, 0) is 0 Å². The summed E-state index contributed by atoms with van der Waals surface area (Å²) in [6.07, 6.45) is 2.36. The molecule has 0 aliphatic carbocycles. The van der Waals surface area contributed by atoms with E-state index in [0.717, 1.165) is 13.1 Å². The molecular weight excluding hydrogens is 194 g/mol. The summed E-state index contributed by atoms with van der Waals surface area (Å²) in [6.45, 7) is 1.98. The van der Waals surface area contributed by atoms with Crippen LogP contribution in [0, 0.1) is 0 Å². The van der Waals surface area contributed by atoms with Crippen LogP contribution in [0.3, 0.4) is 0 Å². The average molecular weight is 209 g/mol. The second kappa shape index (κ2) is 4.26. The van der Waals surface area contributed by atoms with Crippen molar-refractivity contribution in [2.24, 2.45) is 0 Å². The molecule has 7 nitrogen and oxygen atoms in total. The highest BCUT2D eigenvalue weighted by molar-refractivity contribution is 5.41. The molecular formula is C8H15N7. The van der Waals surface area contributed by atoms with Gasteiger partial charge in [-0.25, -0.2) is 5.43 Å². The Morgan fingerprint density at radius 2 is 1.93 bits per heavy atom. The van der Waals surface area contributed by atoms with E-state index in [9.17, 15) is 0 Å². The molecule has 0 aromatic carbocycles. The molecule has 0 spiro atoms. The molecule has 0 bridgehead atoms. The lowest BCUT2D eigenvalue weighted by molar-refractivity contribution is 0.866. The molecule has 7 heteroatoms. The van der Waals surface area contributed by atoms with Crippen molar-refractivity contribution in [3.8, 4) is 0 Å². The smallest absolute Gasteiger partial charge is 0.243 e. The normalized spacial score (nSPS) is 15.7. The molecule has 1 aliphatic heterocycles. The quantitative estimate of drug-likeness (QED) is 0.583. The number of hydrogen-bond donors (Lipinski definition) is 3. The Hall–Kier alpha value is -1.63. The largest absolute Gasteiger partial charge is 0.368 e. The summed E-state index contributed by atoms with van der Waals surface area (Å²) in [5.41, 5.74) is 11.1. The lowest BCUT2D eigenvalue weighted by Crippen LogP contribution is -2.24. The zero-order valence-corrected chi connectivity index (χ0v) is 8.69. The third-order valence-electron chi connectivity index (χ3n) is 2.27. The Balaban J connectivity index is 2.22. The number of nitrogen functional groups attached to an aromatic ring is 1. The van der Waals surface area contributed by atoms with Crippen molar-refractivity contribution in [1.29, 1.82) is 0 Å². The number of rotatable bonds is 3. The molecule has 1 aromatic rings. The summed E-state index contributed by atoms with van der Waals surface area (Å²) >= 11 is 0. The maximum atomic E-state index is 5.60.